The zero-order valence-electron chi connectivity index (χ0n) is 11.1. The summed E-state index contributed by atoms with van der Waals surface area (Å²) in [6, 6.07) is 4.15. The highest BCUT2D eigenvalue weighted by Crippen LogP contribution is 2.36. The summed E-state index contributed by atoms with van der Waals surface area (Å²) < 4.78 is 44.0. The van der Waals surface area contributed by atoms with Crippen LogP contribution in [0.5, 0.6) is 5.75 Å². The van der Waals surface area contributed by atoms with Crippen molar-refractivity contribution in [2.75, 3.05) is 13.2 Å². The van der Waals surface area contributed by atoms with Gasteiger partial charge in [0, 0.05) is 6.54 Å². The van der Waals surface area contributed by atoms with Crippen molar-refractivity contribution in [3.63, 3.8) is 0 Å². The predicted molar refractivity (Wildman–Crippen MR) is 69.1 cm³/mol. The molecule has 19 heavy (non-hydrogen) atoms. The monoisotopic (exact) mass is 273 g/mol. The van der Waals surface area contributed by atoms with Gasteiger partial charge in [-0.1, -0.05) is 25.1 Å². The molecule has 0 amide bonds. The molecule has 5 heteroatoms. The maximum Gasteiger partial charge on any atom is 0.419 e. The van der Waals surface area contributed by atoms with Crippen LogP contribution in [0, 0.1) is 0 Å². The van der Waals surface area contributed by atoms with Crippen molar-refractivity contribution in [3.05, 3.63) is 41.5 Å². The van der Waals surface area contributed by atoms with Crippen LogP contribution < -0.4 is 10.1 Å². The molecule has 0 bridgehead atoms. The fraction of sp³-hybridized carbons (Fsp3) is 0.429. The topological polar surface area (TPSA) is 21.3 Å². The second-order valence-corrected chi connectivity index (χ2v) is 3.99. The molecule has 2 nitrogen and oxygen atoms in total. The highest BCUT2D eigenvalue weighted by molar-refractivity contribution is 5.39. The van der Waals surface area contributed by atoms with Crippen LogP contribution in [0.3, 0.4) is 0 Å². The average molecular weight is 273 g/mol. The summed E-state index contributed by atoms with van der Waals surface area (Å²) >= 11 is 0. The molecule has 0 spiro atoms. The first-order chi connectivity index (χ1) is 8.99. The van der Waals surface area contributed by atoms with E-state index in [0.29, 0.717) is 18.7 Å². The van der Waals surface area contributed by atoms with E-state index in [1.54, 1.807) is 25.1 Å². The molecule has 0 atom stereocenters. The Bertz CT molecular complexity index is 427. The molecule has 0 aliphatic heterocycles. The smallest absolute Gasteiger partial charge is 0.419 e. The molecule has 0 fully saturated rings. The summed E-state index contributed by atoms with van der Waals surface area (Å²) in [5.41, 5.74) is -0.139. The molecule has 0 unspecified atom stereocenters. The van der Waals surface area contributed by atoms with E-state index in [0.717, 1.165) is 6.07 Å². The molecule has 0 aliphatic carbocycles. The SMILES string of the molecule is CC=CCOc1ccc(CNCC)cc1C(F)(F)F. The van der Waals surface area contributed by atoms with E-state index in [1.807, 2.05) is 6.92 Å². The van der Waals surface area contributed by atoms with E-state index in [4.69, 9.17) is 4.74 Å². The van der Waals surface area contributed by atoms with Crippen LogP contribution >= 0.6 is 0 Å². The van der Waals surface area contributed by atoms with Gasteiger partial charge in [0.05, 0.1) is 5.56 Å². The standard InChI is InChI=1S/C14H18F3NO/c1-3-5-8-19-13-7-6-11(10-18-4-2)9-12(13)14(15,16)17/h3,5-7,9,18H,4,8,10H2,1-2H3. The Morgan fingerprint density at radius 1 is 1.32 bits per heavy atom. The molecule has 0 saturated carbocycles. The van der Waals surface area contributed by atoms with E-state index in [1.165, 1.54) is 6.07 Å². The number of allylic oxidation sites excluding steroid dienone is 1. The van der Waals surface area contributed by atoms with Gasteiger partial charge in [-0.3, -0.25) is 0 Å². The Kier molecular flexibility index (Phi) is 5.89. The highest BCUT2D eigenvalue weighted by atomic mass is 19.4. The number of hydrogen-bond acceptors (Lipinski definition) is 2. The molecule has 0 saturated heterocycles. The summed E-state index contributed by atoms with van der Waals surface area (Å²) in [5.74, 6) is -0.133. The number of alkyl halides is 3. The normalized spacial score (nSPS) is 12.1. The van der Waals surface area contributed by atoms with Crippen molar-refractivity contribution in [1.82, 2.24) is 5.32 Å². The molecule has 106 valence electrons. The van der Waals surface area contributed by atoms with Gasteiger partial charge in [-0.15, -0.1) is 0 Å². The quantitative estimate of drug-likeness (QED) is 0.797. The van der Waals surface area contributed by atoms with Gasteiger partial charge in [0.25, 0.3) is 0 Å². The van der Waals surface area contributed by atoms with Gasteiger partial charge >= 0.3 is 6.18 Å². The zero-order valence-corrected chi connectivity index (χ0v) is 11.1. The Labute approximate surface area is 111 Å². The maximum absolute atomic E-state index is 12.9. The first kappa shape index (κ1) is 15.6. The second-order valence-electron chi connectivity index (χ2n) is 3.99. The number of nitrogens with one attached hydrogen (secondary N) is 1. The van der Waals surface area contributed by atoms with Gasteiger partial charge in [0.15, 0.2) is 0 Å². The Morgan fingerprint density at radius 2 is 2.05 bits per heavy atom. The third-order valence-electron chi connectivity index (χ3n) is 2.50. The van der Waals surface area contributed by atoms with Crippen LogP contribution in [-0.4, -0.2) is 13.2 Å². The van der Waals surface area contributed by atoms with Crippen molar-refractivity contribution >= 4 is 0 Å². The van der Waals surface area contributed by atoms with Crippen LogP contribution in [0.1, 0.15) is 25.0 Å². The van der Waals surface area contributed by atoms with Crippen molar-refractivity contribution in [2.24, 2.45) is 0 Å². The van der Waals surface area contributed by atoms with Crippen molar-refractivity contribution in [3.8, 4) is 5.75 Å². The van der Waals surface area contributed by atoms with Gasteiger partial charge in [0.2, 0.25) is 0 Å². The largest absolute Gasteiger partial charge is 0.489 e. The summed E-state index contributed by atoms with van der Waals surface area (Å²) in [6.45, 7) is 4.94. The van der Waals surface area contributed by atoms with Crippen LogP contribution in [-0.2, 0) is 12.7 Å². The lowest BCUT2D eigenvalue weighted by Crippen LogP contribution is -2.14. The molecule has 0 aliphatic rings. The lowest BCUT2D eigenvalue weighted by atomic mass is 10.1. The van der Waals surface area contributed by atoms with Crippen molar-refractivity contribution in [1.29, 1.82) is 0 Å². The van der Waals surface area contributed by atoms with Crippen molar-refractivity contribution in [2.45, 2.75) is 26.6 Å². The van der Waals surface area contributed by atoms with Gasteiger partial charge in [-0.2, -0.15) is 13.2 Å². The Morgan fingerprint density at radius 3 is 2.63 bits per heavy atom. The average Bonchev–Trinajstić information content (AvgIpc) is 2.36. The molecule has 0 heterocycles. The lowest BCUT2D eigenvalue weighted by Gasteiger charge is -2.14. The molecular weight excluding hydrogens is 255 g/mol. The molecule has 0 radical (unpaired) electrons. The Balaban J connectivity index is 2.96. The van der Waals surface area contributed by atoms with E-state index >= 15 is 0 Å². The van der Waals surface area contributed by atoms with Gasteiger partial charge < -0.3 is 10.1 Å². The molecule has 1 aromatic carbocycles. The highest BCUT2D eigenvalue weighted by Gasteiger charge is 2.34. The second kappa shape index (κ2) is 7.19. The minimum absolute atomic E-state index is 0.131. The first-order valence-corrected chi connectivity index (χ1v) is 6.13. The van der Waals surface area contributed by atoms with Gasteiger partial charge in [-0.25, -0.2) is 0 Å². The van der Waals surface area contributed by atoms with Gasteiger partial charge in [-0.05, 0) is 31.2 Å². The number of ether oxygens (including phenoxy) is 1. The van der Waals surface area contributed by atoms with Crippen LogP contribution in [0.4, 0.5) is 13.2 Å². The minimum Gasteiger partial charge on any atom is -0.489 e. The fourth-order valence-electron chi connectivity index (χ4n) is 1.54. The van der Waals surface area contributed by atoms with E-state index < -0.39 is 11.7 Å². The van der Waals surface area contributed by atoms with Crippen LogP contribution in [0.2, 0.25) is 0 Å². The maximum atomic E-state index is 12.9. The predicted octanol–water partition coefficient (Wildman–Crippen LogP) is 3.77. The number of rotatable bonds is 6. The fourth-order valence-corrected chi connectivity index (χ4v) is 1.54. The first-order valence-electron chi connectivity index (χ1n) is 6.13. The van der Waals surface area contributed by atoms with Crippen LogP contribution in [0.15, 0.2) is 30.4 Å². The molecule has 1 rings (SSSR count). The third-order valence-corrected chi connectivity index (χ3v) is 2.50. The summed E-state index contributed by atoms with van der Waals surface area (Å²) in [5, 5.41) is 3.00. The number of hydrogen-bond donors (Lipinski definition) is 1. The number of benzene rings is 1. The molecule has 0 aromatic heterocycles. The minimum atomic E-state index is -4.41. The van der Waals surface area contributed by atoms with Crippen molar-refractivity contribution < 1.29 is 17.9 Å². The van der Waals surface area contributed by atoms with E-state index in [9.17, 15) is 13.2 Å². The zero-order chi connectivity index (χ0) is 14.3. The van der Waals surface area contributed by atoms with Gasteiger partial charge in [0.1, 0.15) is 12.4 Å². The third kappa shape index (κ3) is 4.95. The summed E-state index contributed by atoms with van der Waals surface area (Å²) in [7, 11) is 0. The summed E-state index contributed by atoms with van der Waals surface area (Å²) in [4.78, 5) is 0. The number of halogens is 3. The molecule has 1 N–H and O–H groups in total. The summed E-state index contributed by atoms with van der Waals surface area (Å²) in [6.07, 6.45) is -1.02. The van der Waals surface area contributed by atoms with E-state index in [2.05, 4.69) is 5.32 Å². The molecular formula is C14H18F3NO. The Hall–Kier alpha value is -1.49. The molecule has 1 aromatic rings. The van der Waals surface area contributed by atoms with E-state index in [-0.39, 0.29) is 12.4 Å². The lowest BCUT2D eigenvalue weighted by molar-refractivity contribution is -0.138. The van der Waals surface area contributed by atoms with Crippen LogP contribution in [0.25, 0.3) is 0 Å².